The second kappa shape index (κ2) is 9.19. The minimum atomic E-state index is -0.263. The maximum absolute atomic E-state index is 12.3. The zero-order chi connectivity index (χ0) is 22.5. The van der Waals surface area contributed by atoms with Crippen LogP contribution in [0.5, 0.6) is 5.75 Å². The van der Waals surface area contributed by atoms with Crippen LogP contribution in [-0.2, 0) is 4.79 Å². The Morgan fingerprint density at radius 2 is 1.84 bits per heavy atom. The number of imidazole rings is 1. The molecule has 3 aromatic carbocycles. The fraction of sp³-hybridized carbons (Fsp3) is 0.115. The van der Waals surface area contributed by atoms with Crippen LogP contribution in [0.4, 0.5) is 5.69 Å². The van der Waals surface area contributed by atoms with Gasteiger partial charge in [0.2, 0.25) is 0 Å². The molecule has 0 fully saturated rings. The largest absolute Gasteiger partial charge is 0.483 e. The summed E-state index contributed by atoms with van der Waals surface area (Å²) in [5.74, 6) is 0.729. The number of aromatic amines is 1. The predicted molar refractivity (Wildman–Crippen MR) is 126 cm³/mol. The summed E-state index contributed by atoms with van der Waals surface area (Å²) >= 11 is 0. The van der Waals surface area contributed by atoms with E-state index in [9.17, 15) is 10.1 Å². The molecule has 0 bridgehead atoms. The molecule has 6 nitrogen and oxygen atoms in total. The minimum Gasteiger partial charge on any atom is -0.483 e. The van der Waals surface area contributed by atoms with E-state index in [2.05, 4.69) is 21.4 Å². The SMILES string of the molecule is Cc1ccc(NC(=O)COc2ccccc2C=C(C#N)c2nc3ccc(C)cc3[nH]2)cc1. The first-order valence-corrected chi connectivity index (χ1v) is 10.2. The molecule has 0 aliphatic rings. The highest BCUT2D eigenvalue weighted by Crippen LogP contribution is 2.25. The fourth-order valence-electron chi connectivity index (χ4n) is 3.27. The van der Waals surface area contributed by atoms with Gasteiger partial charge in [0.25, 0.3) is 5.91 Å². The van der Waals surface area contributed by atoms with Crippen molar-refractivity contribution >= 4 is 34.3 Å². The third kappa shape index (κ3) is 4.85. The zero-order valence-corrected chi connectivity index (χ0v) is 17.8. The quantitative estimate of drug-likeness (QED) is 0.415. The fourth-order valence-corrected chi connectivity index (χ4v) is 3.27. The van der Waals surface area contributed by atoms with E-state index in [0.29, 0.717) is 28.4 Å². The number of ether oxygens (including phenoxy) is 1. The lowest BCUT2D eigenvalue weighted by Gasteiger charge is -2.10. The highest BCUT2D eigenvalue weighted by molar-refractivity contribution is 5.93. The molecular formula is C26H22N4O2. The molecule has 0 unspecified atom stereocenters. The molecule has 6 heteroatoms. The normalized spacial score (nSPS) is 11.2. The van der Waals surface area contributed by atoms with Crippen molar-refractivity contribution in [1.29, 1.82) is 5.26 Å². The van der Waals surface area contributed by atoms with E-state index in [-0.39, 0.29) is 12.5 Å². The van der Waals surface area contributed by atoms with Gasteiger partial charge < -0.3 is 15.0 Å². The Morgan fingerprint density at radius 3 is 2.62 bits per heavy atom. The van der Waals surface area contributed by atoms with Gasteiger partial charge in [0, 0.05) is 11.3 Å². The number of para-hydroxylation sites is 1. The van der Waals surface area contributed by atoms with Crippen molar-refractivity contribution < 1.29 is 9.53 Å². The van der Waals surface area contributed by atoms with Gasteiger partial charge in [-0.15, -0.1) is 0 Å². The lowest BCUT2D eigenvalue weighted by atomic mass is 10.1. The Bertz CT molecular complexity index is 1340. The van der Waals surface area contributed by atoms with Gasteiger partial charge in [0.05, 0.1) is 16.6 Å². The average molecular weight is 422 g/mol. The molecule has 0 aliphatic carbocycles. The molecule has 0 atom stereocenters. The summed E-state index contributed by atoms with van der Waals surface area (Å²) < 4.78 is 5.75. The molecule has 1 aromatic heterocycles. The average Bonchev–Trinajstić information content (AvgIpc) is 3.21. The Hall–Kier alpha value is -4.37. The number of aryl methyl sites for hydroxylation is 2. The van der Waals surface area contributed by atoms with Crippen molar-refractivity contribution in [2.45, 2.75) is 13.8 Å². The number of hydrogen-bond donors (Lipinski definition) is 2. The number of aromatic nitrogens is 2. The van der Waals surface area contributed by atoms with Crippen LogP contribution in [0.2, 0.25) is 0 Å². The van der Waals surface area contributed by atoms with Gasteiger partial charge in [-0.25, -0.2) is 4.98 Å². The smallest absolute Gasteiger partial charge is 0.262 e. The maximum Gasteiger partial charge on any atom is 0.262 e. The van der Waals surface area contributed by atoms with Gasteiger partial charge in [-0.2, -0.15) is 5.26 Å². The molecule has 4 aromatic rings. The monoisotopic (exact) mass is 422 g/mol. The number of allylic oxidation sites excluding steroid dienone is 1. The molecule has 0 saturated carbocycles. The van der Waals surface area contributed by atoms with Crippen LogP contribution in [0.3, 0.4) is 0 Å². The van der Waals surface area contributed by atoms with Crippen molar-refractivity contribution in [2.24, 2.45) is 0 Å². The van der Waals surface area contributed by atoms with E-state index in [1.165, 1.54) is 0 Å². The van der Waals surface area contributed by atoms with Crippen molar-refractivity contribution in [3.8, 4) is 11.8 Å². The standard InChI is InChI=1S/C26H22N4O2/c1-17-7-10-21(11-8-17)28-25(31)16-32-24-6-4-3-5-19(24)14-20(15-27)26-29-22-12-9-18(2)13-23(22)30-26/h3-14H,16H2,1-2H3,(H,28,31)(H,29,30). The molecule has 0 radical (unpaired) electrons. The maximum atomic E-state index is 12.3. The minimum absolute atomic E-state index is 0.148. The lowest BCUT2D eigenvalue weighted by Crippen LogP contribution is -2.20. The van der Waals surface area contributed by atoms with Crippen LogP contribution >= 0.6 is 0 Å². The number of amides is 1. The van der Waals surface area contributed by atoms with Gasteiger partial charge in [0.15, 0.2) is 6.61 Å². The molecule has 32 heavy (non-hydrogen) atoms. The van der Waals surface area contributed by atoms with Crippen molar-refractivity contribution in [3.05, 3.63) is 89.2 Å². The molecule has 2 N–H and O–H groups in total. The summed E-state index contributed by atoms with van der Waals surface area (Å²) in [6, 6.07) is 22.9. The third-order valence-corrected chi connectivity index (χ3v) is 4.93. The van der Waals surface area contributed by atoms with E-state index in [4.69, 9.17) is 4.74 Å². The van der Waals surface area contributed by atoms with Gasteiger partial charge >= 0.3 is 0 Å². The molecule has 1 amide bonds. The Morgan fingerprint density at radius 1 is 1.09 bits per heavy atom. The van der Waals surface area contributed by atoms with E-state index in [0.717, 1.165) is 22.2 Å². The number of nitriles is 1. The van der Waals surface area contributed by atoms with E-state index in [1.54, 1.807) is 12.1 Å². The Labute approximate surface area is 186 Å². The molecule has 0 aliphatic heterocycles. The molecule has 0 saturated heterocycles. The van der Waals surface area contributed by atoms with Crippen molar-refractivity contribution in [3.63, 3.8) is 0 Å². The van der Waals surface area contributed by atoms with Gasteiger partial charge in [-0.3, -0.25) is 4.79 Å². The van der Waals surface area contributed by atoms with Crippen LogP contribution in [-0.4, -0.2) is 22.5 Å². The number of carbonyl (C=O) groups excluding carboxylic acids is 1. The lowest BCUT2D eigenvalue weighted by molar-refractivity contribution is -0.118. The first-order chi connectivity index (χ1) is 15.5. The van der Waals surface area contributed by atoms with Crippen LogP contribution in [0, 0.1) is 25.2 Å². The van der Waals surface area contributed by atoms with Crippen LogP contribution < -0.4 is 10.1 Å². The second-order valence-electron chi connectivity index (χ2n) is 7.52. The topological polar surface area (TPSA) is 90.8 Å². The number of H-pyrrole nitrogens is 1. The van der Waals surface area contributed by atoms with Gasteiger partial charge in [0.1, 0.15) is 17.6 Å². The summed E-state index contributed by atoms with van der Waals surface area (Å²) in [5.41, 5.74) is 5.67. The Balaban J connectivity index is 1.52. The first-order valence-electron chi connectivity index (χ1n) is 10.2. The summed E-state index contributed by atoms with van der Waals surface area (Å²) in [4.78, 5) is 20.0. The summed E-state index contributed by atoms with van der Waals surface area (Å²) in [7, 11) is 0. The number of anilines is 1. The number of nitrogens with one attached hydrogen (secondary N) is 2. The van der Waals surface area contributed by atoms with Crippen LogP contribution in [0.25, 0.3) is 22.7 Å². The molecular weight excluding hydrogens is 400 g/mol. The third-order valence-electron chi connectivity index (χ3n) is 4.93. The van der Waals surface area contributed by atoms with E-state index in [1.807, 2.05) is 74.5 Å². The number of nitrogens with zero attached hydrogens (tertiary/aromatic N) is 2. The van der Waals surface area contributed by atoms with E-state index < -0.39 is 0 Å². The van der Waals surface area contributed by atoms with Crippen LogP contribution in [0.15, 0.2) is 66.7 Å². The molecule has 1 heterocycles. The Kier molecular flexibility index (Phi) is 6.00. The molecule has 4 rings (SSSR count). The number of rotatable bonds is 6. The van der Waals surface area contributed by atoms with E-state index >= 15 is 0 Å². The van der Waals surface area contributed by atoms with Crippen LogP contribution in [0.1, 0.15) is 22.5 Å². The van der Waals surface area contributed by atoms with Crippen molar-refractivity contribution in [2.75, 3.05) is 11.9 Å². The summed E-state index contributed by atoms with van der Waals surface area (Å²) in [6.07, 6.45) is 1.71. The molecule has 158 valence electrons. The number of fused-ring (bicyclic) bond motifs is 1. The number of benzene rings is 3. The number of carbonyl (C=O) groups is 1. The second-order valence-corrected chi connectivity index (χ2v) is 7.52. The number of hydrogen-bond acceptors (Lipinski definition) is 4. The zero-order valence-electron chi connectivity index (χ0n) is 17.8. The van der Waals surface area contributed by atoms with Crippen molar-refractivity contribution in [1.82, 2.24) is 9.97 Å². The predicted octanol–water partition coefficient (Wildman–Crippen LogP) is 5.26. The highest BCUT2D eigenvalue weighted by atomic mass is 16.5. The summed E-state index contributed by atoms with van der Waals surface area (Å²) in [6.45, 7) is 3.84. The van der Waals surface area contributed by atoms with Gasteiger partial charge in [-0.05, 0) is 55.8 Å². The summed E-state index contributed by atoms with van der Waals surface area (Å²) in [5, 5.41) is 12.5. The first kappa shape index (κ1) is 20.9. The highest BCUT2D eigenvalue weighted by Gasteiger charge is 2.11. The van der Waals surface area contributed by atoms with Gasteiger partial charge in [-0.1, -0.05) is 42.0 Å². The molecule has 0 spiro atoms.